The van der Waals surface area contributed by atoms with Crippen molar-refractivity contribution in [3.05, 3.63) is 53.1 Å². The third kappa shape index (κ3) is 1.23. The number of hydrogen-bond donors (Lipinski definition) is 0. The number of rotatable bonds is 1. The van der Waals surface area contributed by atoms with Gasteiger partial charge in [0.05, 0.1) is 0 Å². The van der Waals surface area contributed by atoms with Crippen molar-refractivity contribution >= 4 is 11.3 Å². The fourth-order valence-corrected chi connectivity index (χ4v) is 2.45. The van der Waals surface area contributed by atoms with Gasteiger partial charge in [0.15, 0.2) is 0 Å². The molecule has 1 aromatic rings. The lowest BCUT2D eigenvalue weighted by Gasteiger charge is -2.08. The average Bonchev–Trinajstić information content (AvgIpc) is 2.66. The van der Waals surface area contributed by atoms with Gasteiger partial charge in [-0.2, -0.15) is 0 Å². The van der Waals surface area contributed by atoms with Crippen molar-refractivity contribution in [1.82, 2.24) is 0 Å². The molecule has 80 valence electrons. The summed E-state index contributed by atoms with van der Waals surface area (Å²) in [5.41, 5.74) is 6.13. The maximum Gasteiger partial charge on any atom is 0.118 e. The molecule has 0 N–H and O–H groups in total. The summed E-state index contributed by atoms with van der Waals surface area (Å²) in [4.78, 5) is 4.95. The number of allylic oxidation sites excluding steroid dienone is 4. The first-order valence-electron chi connectivity index (χ1n) is 5.53. The number of nitrogens with zero attached hydrogens (tertiary/aromatic N) is 1. The zero-order chi connectivity index (χ0) is 11.0. The second kappa shape index (κ2) is 3.63. The van der Waals surface area contributed by atoms with Gasteiger partial charge in [0.1, 0.15) is 12.8 Å². The van der Waals surface area contributed by atoms with Crippen LogP contribution >= 0.6 is 0 Å². The molecule has 0 spiro atoms. The van der Waals surface area contributed by atoms with Crippen LogP contribution in [0.3, 0.4) is 0 Å². The molecule has 0 amide bonds. The first-order chi connectivity index (χ1) is 7.92. The van der Waals surface area contributed by atoms with Gasteiger partial charge in [0, 0.05) is 11.1 Å². The highest BCUT2D eigenvalue weighted by Crippen LogP contribution is 2.38. The Morgan fingerprint density at radius 2 is 2.00 bits per heavy atom. The smallest absolute Gasteiger partial charge is 0.118 e. The van der Waals surface area contributed by atoms with Crippen LogP contribution in [0.1, 0.15) is 24.0 Å². The number of fused-ring (bicyclic) bond motifs is 2. The van der Waals surface area contributed by atoms with Gasteiger partial charge in [-0.1, -0.05) is 41.6 Å². The quantitative estimate of drug-likeness (QED) is 0.654. The van der Waals surface area contributed by atoms with Crippen LogP contribution in [0.4, 0.5) is 0 Å². The second-order valence-electron chi connectivity index (χ2n) is 4.00. The molecule has 0 radical (unpaired) electrons. The third-order valence-electron chi connectivity index (χ3n) is 3.12. The molecule has 0 unspecified atom stereocenters. The maximum absolute atomic E-state index is 4.95. The van der Waals surface area contributed by atoms with Crippen molar-refractivity contribution in [1.29, 1.82) is 0 Å². The van der Waals surface area contributed by atoms with Gasteiger partial charge < -0.3 is 4.84 Å². The van der Waals surface area contributed by atoms with Gasteiger partial charge in [-0.15, -0.1) is 0 Å². The Bertz CT molecular complexity index is 523. The summed E-state index contributed by atoms with van der Waals surface area (Å²) in [5.74, 6) is 0. The lowest BCUT2D eigenvalue weighted by Crippen LogP contribution is -2.00. The van der Waals surface area contributed by atoms with Crippen LogP contribution in [0.2, 0.25) is 0 Å². The zero-order valence-electron chi connectivity index (χ0n) is 9.23. The Morgan fingerprint density at radius 1 is 1.19 bits per heavy atom. The minimum atomic E-state index is 0.976. The number of hydrogen-bond acceptors (Lipinski definition) is 2. The largest absolute Gasteiger partial charge is 0.399 e. The van der Waals surface area contributed by atoms with Gasteiger partial charge in [-0.05, 0) is 24.0 Å². The van der Waals surface area contributed by atoms with Gasteiger partial charge in [0.25, 0.3) is 0 Å². The van der Waals surface area contributed by atoms with Crippen LogP contribution < -0.4 is 0 Å². The molecule has 1 aromatic carbocycles. The van der Waals surface area contributed by atoms with E-state index in [4.69, 9.17) is 4.84 Å². The molecule has 16 heavy (non-hydrogen) atoms. The molecule has 0 aromatic heterocycles. The van der Waals surface area contributed by atoms with E-state index in [1.54, 1.807) is 7.11 Å². The van der Waals surface area contributed by atoms with Crippen molar-refractivity contribution in [2.75, 3.05) is 7.11 Å². The molecule has 0 aliphatic heterocycles. The minimum absolute atomic E-state index is 0.976. The third-order valence-corrected chi connectivity index (χ3v) is 3.12. The Hall–Kier alpha value is -1.83. The molecular weight excluding hydrogens is 198 g/mol. The summed E-state index contributed by atoms with van der Waals surface area (Å²) in [6, 6.07) is 8.41. The van der Waals surface area contributed by atoms with Crippen LogP contribution in [0.25, 0.3) is 5.57 Å². The molecule has 0 saturated heterocycles. The molecule has 0 bridgehead atoms. The summed E-state index contributed by atoms with van der Waals surface area (Å²) in [7, 11) is 1.60. The lowest BCUT2D eigenvalue weighted by molar-refractivity contribution is 0.214. The highest BCUT2D eigenvalue weighted by atomic mass is 16.6. The fourth-order valence-electron chi connectivity index (χ4n) is 2.45. The topological polar surface area (TPSA) is 21.6 Å². The lowest BCUT2D eigenvalue weighted by atomic mass is 9.97. The molecule has 2 nitrogen and oxygen atoms in total. The summed E-state index contributed by atoms with van der Waals surface area (Å²) in [6.07, 6.45) is 6.59. The van der Waals surface area contributed by atoms with E-state index < -0.39 is 0 Å². The molecule has 0 atom stereocenters. The summed E-state index contributed by atoms with van der Waals surface area (Å²) >= 11 is 0. The van der Waals surface area contributed by atoms with Crippen molar-refractivity contribution in [3.63, 3.8) is 0 Å². The zero-order valence-corrected chi connectivity index (χ0v) is 9.23. The van der Waals surface area contributed by atoms with Crippen molar-refractivity contribution in [3.8, 4) is 0 Å². The summed E-state index contributed by atoms with van der Waals surface area (Å²) in [6.45, 7) is 0. The van der Waals surface area contributed by atoms with E-state index in [0.29, 0.717) is 0 Å². The SMILES string of the molecule is CO/N=C1\C2=C(CCC=C2)c2ccccc21. The van der Waals surface area contributed by atoms with E-state index in [-0.39, 0.29) is 0 Å². The Kier molecular flexibility index (Phi) is 2.13. The van der Waals surface area contributed by atoms with Crippen molar-refractivity contribution in [2.24, 2.45) is 5.16 Å². The Balaban J connectivity index is 2.24. The molecule has 0 heterocycles. The monoisotopic (exact) mass is 211 g/mol. The Labute approximate surface area is 94.9 Å². The van der Waals surface area contributed by atoms with Gasteiger partial charge in [-0.3, -0.25) is 0 Å². The van der Waals surface area contributed by atoms with Gasteiger partial charge >= 0.3 is 0 Å². The molecule has 2 heteroatoms. The van der Waals surface area contributed by atoms with Gasteiger partial charge in [-0.25, -0.2) is 0 Å². The molecule has 2 aliphatic carbocycles. The van der Waals surface area contributed by atoms with E-state index in [1.807, 2.05) is 6.07 Å². The van der Waals surface area contributed by atoms with E-state index in [0.717, 1.165) is 18.6 Å². The fraction of sp³-hybridized carbons (Fsp3) is 0.214. The second-order valence-corrected chi connectivity index (χ2v) is 4.00. The highest BCUT2D eigenvalue weighted by molar-refractivity contribution is 6.25. The Morgan fingerprint density at radius 3 is 2.81 bits per heavy atom. The first-order valence-corrected chi connectivity index (χ1v) is 5.53. The van der Waals surface area contributed by atoms with E-state index in [2.05, 4.69) is 35.5 Å². The van der Waals surface area contributed by atoms with Crippen LogP contribution in [-0.4, -0.2) is 12.8 Å². The maximum atomic E-state index is 4.95. The van der Waals surface area contributed by atoms with Crippen LogP contribution in [0.5, 0.6) is 0 Å². The number of benzene rings is 1. The van der Waals surface area contributed by atoms with E-state index in [9.17, 15) is 0 Å². The number of oxime groups is 1. The van der Waals surface area contributed by atoms with Crippen LogP contribution in [-0.2, 0) is 4.84 Å². The molecule has 0 saturated carbocycles. The first kappa shape index (κ1) is 9.40. The molecule has 0 fully saturated rings. The van der Waals surface area contributed by atoms with E-state index in [1.165, 1.54) is 22.3 Å². The highest BCUT2D eigenvalue weighted by Gasteiger charge is 2.27. The van der Waals surface area contributed by atoms with Crippen molar-refractivity contribution < 1.29 is 4.84 Å². The van der Waals surface area contributed by atoms with Crippen LogP contribution in [0.15, 0.2) is 47.1 Å². The standard InChI is InChI=1S/C14H13NO/c1-16-15-14-12-8-4-2-6-10(12)11-7-3-5-9-13(11)14/h2,4-6,8-9H,3,7H2,1H3/b15-14-. The van der Waals surface area contributed by atoms with E-state index >= 15 is 0 Å². The predicted octanol–water partition coefficient (Wildman–Crippen LogP) is 3.15. The van der Waals surface area contributed by atoms with Crippen molar-refractivity contribution in [2.45, 2.75) is 12.8 Å². The molecular formula is C14H13NO. The van der Waals surface area contributed by atoms with Gasteiger partial charge in [0.2, 0.25) is 0 Å². The normalized spacial score (nSPS) is 19.9. The molecule has 3 rings (SSSR count). The minimum Gasteiger partial charge on any atom is -0.399 e. The average molecular weight is 211 g/mol. The predicted molar refractivity (Wildman–Crippen MR) is 65.3 cm³/mol. The van der Waals surface area contributed by atoms with Crippen LogP contribution in [0, 0.1) is 0 Å². The summed E-state index contributed by atoms with van der Waals surface area (Å²) < 4.78 is 0. The summed E-state index contributed by atoms with van der Waals surface area (Å²) in [5, 5.41) is 4.16. The molecule has 2 aliphatic rings.